The van der Waals surface area contributed by atoms with E-state index in [1.165, 1.54) is 18.5 Å². The van der Waals surface area contributed by atoms with Gasteiger partial charge in [-0.25, -0.2) is 14.4 Å². The zero-order valence-corrected chi connectivity index (χ0v) is 16.3. The summed E-state index contributed by atoms with van der Waals surface area (Å²) in [5.74, 6) is 0.0103. The molecule has 1 aliphatic carbocycles. The van der Waals surface area contributed by atoms with E-state index >= 15 is 0 Å². The van der Waals surface area contributed by atoms with E-state index in [4.69, 9.17) is 16.7 Å². The van der Waals surface area contributed by atoms with Gasteiger partial charge in [0.25, 0.3) is 0 Å². The minimum atomic E-state index is -0.800. The summed E-state index contributed by atoms with van der Waals surface area (Å²) in [5.41, 5.74) is 0.637. The molecule has 0 spiro atoms. The maximum Gasteiger partial charge on any atom is 0.317 e. The highest BCUT2D eigenvalue weighted by Crippen LogP contribution is 2.26. The Morgan fingerprint density at radius 3 is 2.64 bits per heavy atom. The summed E-state index contributed by atoms with van der Waals surface area (Å²) in [5, 5.41) is 15.5. The molecule has 1 aromatic heterocycles. The molecular weight excluding hydrogens is 385 g/mol. The molecule has 0 unspecified atom stereocenters. The summed E-state index contributed by atoms with van der Waals surface area (Å²) in [6.07, 6.45) is 5.21. The van der Waals surface area contributed by atoms with Crippen LogP contribution in [0, 0.1) is 5.82 Å². The van der Waals surface area contributed by atoms with Crippen LogP contribution in [0.4, 0.5) is 21.7 Å². The van der Waals surface area contributed by atoms with Gasteiger partial charge < -0.3 is 15.7 Å². The van der Waals surface area contributed by atoms with Crippen LogP contribution in [-0.4, -0.2) is 51.6 Å². The average molecular weight is 408 g/mol. The molecular formula is C19H23ClFN5O2. The Kier molecular flexibility index (Phi) is 6.64. The number of aliphatic carboxylic acids is 1. The molecule has 0 aliphatic heterocycles. The number of aromatic nitrogens is 2. The Morgan fingerprint density at radius 2 is 1.96 bits per heavy atom. The highest BCUT2D eigenvalue weighted by molar-refractivity contribution is 6.31. The fourth-order valence-electron chi connectivity index (χ4n) is 3.44. The van der Waals surface area contributed by atoms with Crippen LogP contribution in [0.15, 0.2) is 30.6 Å². The van der Waals surface area contributed by atoms with Crippen LogP contribution < -0.4 is 10.6 Å². The largest absolute Gasteiger partial charge is 0.480 e. The van der Waals surface area contributed by atoms with Gasteiger partial charge in [0.05, 0.1) is 11.6 Å². The fourth-order valence-corrected chi connectivity index (χ4v) is 3.62. The molecule has 1 aromatic carbocycles. The molecule has 28 heavy (non-hydrogen) atoms. The van der Waals surface area contributed by atoms with Gasteiger partial charge in [-0.1, -0.05) is 11.6 Å². The highest BCUT2D eigenvalue weighted by Gasteiger charge is 2.25. The smallest absolute Gasteiger partial charge is 0.317 e. The number of rotatable bonds is 7. The van der Waals surface area contributed by atoms with Gasteiger partial charge >= 0.3 is 5.97 Å². The van der Waals surface area contributed by atoms with Gasteiger partial charge in [0.15, 0.2) is 0 Å². The van der Waals surface area contributed by atoms with Crippen LogP contribution in [0.5, 0.6) is 0 Å². The summed E-state index contributed by atoms with van der Waals surface area (Å²) in [6.45, 7) is 0.0666. The Labute approximate surface area is 167 Å². The number of anilines is 3. The predicted molar refractivity (Wildman–Crippen MR) is 107 cm³/mol. The number of halogens is 2. The number of likely N-dealkylation sites (N-methyl/N-ethyl adjacent to an activating group) is 1. The van der Waals surface area contributed by atoms with Crippen molar-refractivity contribution in [3.8, 4) is 0 Å². The second kappa shape index (κ2) is 9.16. The molecule has 1 fully saturated rings. The van der Waals surface area contributed by atoms with Gasteiger partial charge in [-0.05, 0) is 50.9 Å². The zero-order chi connectivity index (χ0) is 20.1. The Hall–Kier alpha value is -2.45. The lowest BCUT2D eigenvalue weighted by atomic mass is 9.90. The van der Waals surface area contributed by atoms with E-state index in [0.29, 0.717) is 23.4 Å². The quantitative estimate of drug-likeness (QED) is 0.643. The first kappa shape index (κ1) is 20.3. The zero-order valence-electron chi connectivity index (χ0n) is 15.5. The number of carboxylic acid groups (broad SMARTS) is 1. The molecule has 7 nitrogen and oxygen atoms in total. The van der Waals surface area contributed by atoms with Crippen molar-refractivity contribution in [3.63, 3.8) is 0 Å². The van der Waals surface area contributed by atoms with Crippen molar-refractivity contribution in [2.75, 3.05) is 24.2 Å². The molecule has 0 bridgehead atoms. The van der Waals surface area contributed by atoms with E-state index in [9.17, 15) is 9.18 Å². The molecule has 1 aliphatic rings. The van der Waals surface area contributed by atoms with Crippen LogP contribution >= 0.6 is 11.6 Å². The Bertz CT molecular complexity index is 830. The Balaban J connectivity index is 1.55. The van der Waals surface area contributed by atoms with E-state index in [0.717, 1.165) is 25.7 Å². The summed E-state index contributed by atoms with van der Waals surface area (Å²) in [6, 6.07) is 6.74. The molecule has 9 heteroatoms. The number of hydrogen-bond donors (Lipinski definition) is 3. The number of nitrogens with one attached hydrogen (secondary N) is 2. The van der Waals surface area contributed by atoms with Crippen molar-refractivity contribution in [1.29, 1.82) is 0 Å². The molecule has 1 saturated carbocycles. The fraction of sp³-hybridized carbons (Fsp3) is 0.421. The van der Waals surface area contributed by atoms with Gasteiger partial charge in [0, 0.05) is 23.8 Å². The van der Waals surface area contributed by atoms with Crippen LogP contribution in [0.1, 0.15) is 25.7 Å². The summed E-state index contributed by atoms with van der Waals surface area (Å²) in [4.78, 5) is 21.2. The summed E-state index contributed by atoms with van der Waals surface area (Å²) >= 11 is 5.81. The molecule has 3 rings (SSSR count). The minimum absolute atomic E-state index is 0.0435. The third-order valence-corrected chi connectivity index (χ3v) is 5.21. The topological polar surface area (TPSA) is 90.4 Å². The molecule has 150 valence electrons. The number of benzene rings is 1. The third-order valence-electron chi connectivity index (χ3n) is 4.92. The number of carbonyl (C=O) groups is 1. The molecule has 0 amide bonds. The van der Waals surface area contributed by atoms with E-state index in [1.54, 1.807) is 12.1 Å². The minimum Gasteiger partial charge on any atom is -0.480 e. The van der Waals surface area contributed by atoms with Crippen LogP contribution in [0.3, 0.4) is 0 Å². The van der Waals surface area contributed by atoms with Crippen molar-refractivity contribution < 1.29 is 14.3 Å². The maximum absolute atomic E-state index is 13.3. The van der Waals surface area contributed by atoms with E-state index < -0.39 is 11.8 Å². The van der Waals surface area contributed by atoms with Gasteiger partial charge in [-0.3, -0.25) is 9.69 Å². The molecule has 1 heterocycles. The lowest BCUT2D eigenvalue weighted by molar-refractivity contribution is -0.138. The molecule has 2 aromatic rings. The summed E-state index contributed by atoms with van der Waals surface area (Å²) in [7, 11) is 1.86. The van der Waals surface area contributed by atoms with Gasteiger partial charge in [0.2, 0.25) is 0 Å². The van der Waals surface area contributed by atoms with Gasteiger partial charge in [-0.2, -0.15) is 0 Å². The SMILES string of the molecule is CN(CC(=O)O)C1CCC(Nc2cc(Nc3ccc(F)c(Cl)c3)ncn2)CC1. The second-order valence-electron chi connectivity index (χ2n) is 7.00. The average Bonchev–Trinajstić information content (AvgIpc) is 2.65. The van der Waals surface area contributed by atoms with Crippen LogP contribution in [-0.2, 0) is 4.79 Å². The second-order valence-corrected chi connectivity index (χ2v) is 7.41. The first-order chi connectivity index (χ1) is 13.4. The van der Waals surface area contributed by atoms with E-state index in [-0.39, 0.29) is 17.6 Å². The number of nitrogens with zero attached hydrogens (tertiary/aromatic N) is 3. The van der Waals surface area contributed by atoms with Crippen molar-refractivity contribution in [1.82, 2.24) is 14.9 Å². The molecule has 0 radical (unpaired) electrons. The highest BCUT2D eigenvalue weighted by atomic mass is 35.5. The van der Waals surface area contributed by atoms with Crippen LogP contribution in [0.25, 0.3) is 0 Å². The van der Waals surface area contributed by atoms with Crippen LogP contribution in [0.2, 0.25) is 5.02 Å². The summed E-state index contributed by atoms with van der Waals surface area (Å²) < 4.78 is 13.3. The van der Waals surface area contributed by atoms with Crippen molar-refractivity contribution in [3.05, 3.63) is 41.4 Å². The lowest BCUT2D eigenvalue weighted by Gasteiger charge is -2.34. The Morgan fingerprint density at radius 1 is 1.25 bits per heavy atom. The normalized spacial score (nSPS) is 19.4. The lowest BCUT2D eigenvalue weighted by Crippen LogP contribution is -2.40. The van der Waals surface area contributed by atoms with Crippen molar-refractivity contribution >= 4 is 34.9 Å². The number of hydrogen-bond acceptors (Lipinski definition) is 6. The predicted octanol–water partition coefficient (Wildman–Crippen LogP) is 3.75. The number of carboxylic acids is 1. The third kappa shape index (κ3) is 5.53. The standard InChI is InChI=1S/C19H23ClFN5O2/c1-26(10-19(27)28)14-5-2-12(3-6-14)24-17-9-18(23-11-22-17)25-13-4-7-16(21)15(20)8-13/h4,7-9,11-12,14H,2-3,5-6,10H2,1H3,(H,27,28)(H2,22,23,24,25). The van der Waals surface area contributed by atoms with E-state index in [2.05, 4.69) is 20.6 Å². The van der Waals surface area contributed by atoms with Crippen molar-refractivity contribution in [2.45, 2.75) is 37.8 Å². The maximum atomic E-state index is 13.3. The van der Waals surface area contributed by atoms with E-state index in [1.807, 2.05) is 11.9 Å². The molecule has 0 saturated heterocycles. The van der Waals surface area contributed by atoms with Crippen molar-refractivity contribution in [2.24, 2.45) is 0 Å². The molecule has 0 atom stereocenters. The first-order valence-electron chi connectivity index (χ1n) is 9.13. The van der Waals surface area contributed by atoms with Gasteiger partial charge in [0.1, 0.15) is 23.8 Å². The first-order valence-corrected chi connectivity index (χ1v) is 9.51. The van der Waals surface area contributed by atoms with Gasteiger partial charge in [-0.15, -0.1) is 0 Å². The monoisotopic (exact) mass is 407 g/mol. The molecule has 3 N–H and O–H groups in total.